The molecule has 0 aromatic carbocycles. The summed E-state index contributed by atoms with van der Waals surface area (Å²) in [6, 6.07) is 2.13. The molecule has 1 aliphatic carbocycles. The summed E-state index contributed by atoms with van der Waals surface area (Å²) < 4.78 is 0. The Kier molecular flexibility index (Phi) is 4.50. The van der Waals surface area contributed by atoms with Crippen molar-refractivity contribution in [3.63, 3.8) is 0 Å². The van der Waals surface area contributed by atoms with E-state index in [-0.39, 0.29) is 6.03 Å². The standard InChI is InChI=1S/C18H32N4O/c1-21-16-3-2-4-17(21)10-15(9-16)20-18(23)19-14-7-8-22(12-14)11-13-5-6-13/h13-17H,2-12H2,1H3,(H2,19,20,23)/t14-,16-,17-/m0/s1. The highest BCUT2D eigenvalue weighted by Gasteiger charge is 2.37. The van der Waals surface area contributed by atoms with Gasteiger partial charge in [0.1, 0.15) is 0 Å². The molecule has 4 fully saturated rings. The van der Waals surface area contributed by atoms with Gasteiger partial charge in [-0.05, 0) is 57.9 Å². The summed E-state index contributed by atoms with van der Waals surface area (Å²) >= 11 is 0. The van der Waals surface area contributed by atoms with E-state index in [9.17, 15) is 4.79 Å². The molecule has 2 N–H and O–H groups in total. The molecule has 3 aliphatic heterocycles. The molecule has 4 rings (SSSR count). The first-order valence-electron chi connectivity index (χ1n) is 9.68. The van der Waals surface area contributed by atoms with E-state index in [4.69, 9.17) is 0 Å². The molecule has 3 heterocycles. The first-order valence-corrected chi connectivity index (χ1v) is 9.68. The normalized spacial score (nSPS) is 38.5. The van der Waals surface area contributed by atoms with E-state index in [0.29, 0.717) is 24.2 Å². The number of hydrogen-bond donors (Lipinski definition) is 2. The molecule has 2 bridgehead atoms. The molecule has 3 saturated heterocycles. The van der Waals surface area contributed by atoms with E-state index in [2.05, 4.69) is 27.5 Å². The quantitative estimate of drug-likeness (QED) is 0.830. The fourth-order valence-corrected chi connectivity index (χ4v) is 4.93. The zero-order valence-corrected chi connectivity index (χ0v) is 14.5. The molecule has 4 aliphatic rings. The molecule has 5 nitrogen and oxygen atoms in total. The van der Waals surface area contributed by atoms with Gasteiger partial charge in [0.2, 0.25) is 0 Å². The van der Waals surface area contributed by atoms with Crippen LogP contribution in [-0.2, 0) is 0 Å². The lowest BCUT2D eigenvalue weighted by molar-refractivity contribution is 0.0508. The molecule has 23 heavy (non-hydrogen) atoms. The highest BCUT2D eigenvalue weighted by atomic mass is 16.2. The third-order valence-electron chi connectivity index (χ3n) is 6.50. The van der Waals surface area contributed by atoms with Gasteiger partial charge in [-0.1, -0.05) is 6.42 Å². The molecular formula is C18H32N4O. The van der Waals surface area contributed by atoms with Gasteiger partial charge in [0.15, 0.2) is 0 Å². The van der Waals surface area contributed by atoms with Gasteiger partial charge in [0, 0.05) is 43.8 Å². The van der Waals surface area contributed by atoms with Crippen LogP contribution in [0.25, 0.3) is 0 Å². The number of urea groups is 1. The van der Waals surface area contributed by atoms with Crippen molar-refractivity contribution >= 4 is 6.03 Å². The lowest BCUT2D eigenvalue weighted by Gasteiger charge is -2.47. The van der Waals surface area contributed by atoms with Crippen LogP contribution in [0.2, 0.25) is 0 Å². The topological polar surface area (TPSA) is 47.6 Å². The highest BCUT2D eigenvalue weighted by Crippen LogP contribution is 2.33. The Bertz CT molecular complexity index is 425. The van der Waals surface area contributed by atoms with Crippen LogP contribution in [0.3, 0.4) is 0 Å². The number of hydrogen-bond acceptors (Lipinski definition) is 3. The minimum atomic E-state index is 0.0656. The number of nitrogens with zero attached hydrogens (tertiary/aromatic N) is 2. The van der Waals surface area contributed by atoms with E-state index in [1.54, 1.807) is 0 Å². The van der Waals surface area contributed by atoms with Crippen LogP contribution in [0, 0.1) is 5.92 Å². The van der Waals surface area contributed by atoms with Crippen LogP contribution in [0.1, 0.15) is 51.4 Å². The van der Waals surface area contributed by atoms with Gasteiger partial charge in [-0.25, -0.2) is 4.79 Å². The minimum Gasteiger partial charge on any atom is -0.335 e. The van der Waals surface area contributed by atoms with Crippen LogP contribution in [-0.4, -0.2) is 66.7 Å². The van der Waals surface area contributed by atoms with Gasteiger partial charge < -0.3 is 20.4 Å². The number of carbonyl (C=O) groups is 1. The second-order valence-corrected chi connectivity index (χ2v) is 8.38. The van der Waals surface area contributed by atoms with Gasteiger partial charge in [-0.15, -0.1) is 0 Å². The Morgan fingerprint density at radius 2 is 1.70 bits per heavy atom. The molecule has 5 heteroatoms. The van der Waals surface area contributed by atoms with Crippen LogP contribution >= 0.6 is 0 Å². The molecule has 0 aromatic rings. The molecule has 130 valence electrons. The van der Waals surface area contributed by atoms with Gasteiger partial charge in [-0.2, -0.15) is 0 Å². The Labute approximate surface area is 140 Å². The Morgan fingerprint density at radius 3 is 2.39 bits per heavy atom. The van der Waals surface area contributed by atoms with Gasteiger partial charge in [0.05, 0.1) is 0 Å². The van der Waals surface area contributed by atoms with Crippen molar-refractivity contribution < 1.29 is 4.79 Å². The smallest absolute Gasteiger partial charge is 0.315 e. The van der Waals surface area contributed by atoms with E-state index in [0.717, 1.165) is 38.3 Å². The van der Waals surface area contributed by atoms with E-state index < -0.39 is 0 Å². The largest absolute Gasteiger partial charge is 0.335 e. The summed E-state index contributed by atoms with van der Waals surface area (Å²) in [5.41, 5.74) is 0. The highest BCUT2D eigenvalue weighted by molar-refractivity contribution is 5.74. The van der Waals surface area contributed by atoms with E-state index in [1.807, 2.05) is 0 Å². The lowest BCUT2D eigenvalue weighted by atomic mass is 9.82. The number of rotatable bonds is 4. The van der Waals surface area contributed by atoms with Gasteiger partial charge >= 0.3 is 6.03 Å². The Hall–Kier alpha value is -0.810. The zero-order valence-electron chi connectivity index (χ0n) is 14.5. The molecule has 0 unspecified atom stereocenters. The van der Waals surface area contributed by atoms with Crippen LogP contribution < -0.4 is 10.6 Å². The summed E-state index contributed by atoms with van der Waals surface area (Å²) in [5, 5.41) is 6.49. The lowest BCUT2D eigenvalue weighted by Crippen LogP contribution is -2.57. The van der Waals surface area contributed by atoms with E-state index in [1.165, 1.54) is 38.6 Å². The van der Waals surface area contributed by atoms with Crippen molar-refractivity contribution in [2.45, 2.75) is 75.5 Å². The predicted molar refractivity (Wildman–Crippen MR) is 91.4 cm³/mol. The monoisotopic (exact) mass is 320 g/mol. The third kappa shape index (κ3) is 3.82. The second kappa shape index (κ2) is 6.60. The first kappa shape index (κ1) is 15.7. The number of fused-ring (bicyclic) bond motifs is 2. The number of nitrogens with one attached hydrogen (secondary N) is 2. The zero-order chi connectivity index (χ0) is 15.8. The SMILES string of the molecule is CN1[C@H]2CCC[C@H]1CC(NC(=O)N[C@H]1CCN(CC3CC3)C1)C2. The van der Waals surface area contributed by atoms with Crippen LogP contribution in [0.4, 0.5) is 4.79 Å². The molecule has 0 radical (unpaired) electrons. The average Bonchev–Trinajstić information content (AvgIpc) is 3.19. The van der Waals surface area contributed by atoms with Crippen molar-refractivity contribution in [2.24, 2.45) is 5.92 Å². The van der Waals surface area contributed by atoms with Gasteiger partial charge in [0.25, 0.3) is 0 Å². The molecule has 0 spiro atoms. The number of likely N-dealkylation sites (tertiary alicyclic amines) is 1. The van der Waals surface area contributed by atoms with Crippen molar-refractivity contribution in [1.29, 1.82) is 0 Å². The number of carbonyl (C=O) groups excluding carboxylic acids is 1. The summed E-state index contributed by atoms with van der Waals surface area (Å²) in [6.07, 6.45) is 10.1. The van der Waals surface area contributed by atoms with Crippen molar-refractivity contribution in [2.75, 3.05) is 26.7 Å². The van der Waals surface area contributed by atoms with Crippen molar-refractivity contribution in [1.82, 2.24) is 20.4 Å². The summed E-state index contributed by atoms with van der Waals surface area (Å²) in [5.74, 6) is 0.946. The molecular weight excluding hydrogens is 288 g/mol. The number of amides is 2. The molecule has 0 aromatic heterocycles. The Balaban J connectivity index is 1.21. The van der Waals surface area contributed by atoms with Gasteiger partial charge in [-0.3, -0.25) is 0 Å². The van der Waals surface area contributed by atoms with E-state index >= 15 is 0 Å². The first-order chi connectivity index (χ1) is 11.2. The summed E-state index contributed by atoms with van der Waals surface area (Å²) in [6.45, 7) is 3.44. The molecule has 2 amide bonds. The van der Waals surface area contributed by atoms with Crippen LogP contribution in [0.15, 0.2) is 0 Å². The summed E-state index contributed by atoms with van der Waals surface area (Å²) in [7, 11) is 2.26. The molecule has 3 atom stereocenters. The van der Waals surface area contributed by atoms with Crippen molar-refractivity contribution in [3.05, 3.63) is 0 Å². The number of piperidine rings is 2. The maximum absolute atomic E-state index is 12.4. The summed E-state index contributed by atoms with van der Waals surface area (Å²) in [4.78, 5) is 17.4. The second-order valence-electron chi connectivity index (χ2n) is 8.38. The van der Waals surface area contributed by atoms with Crippen LogP contribution in [0.5, 0.6) is 0 Å². The third-order valence-corrected chi connectivity index (χ3v) is 6.50. The maximum Gasteiger partial charge on any atom is 0.315 e. The molecule has 1 saturated carbocycles. The minimum absolute atomic E-state index is 0.0656. The fourth-order valence-electron chi connectivity index (χ4n) is 4.93. The Morgan fingerprint density at radius 1 is 1.00 bits per heavy atom. The maximum atomic E-state index is 12.4. The predicted octanol–water partition coefficient (Wildman–Crippen LogP) is 1.79. The average molecular weight is 320 g/mol. The fraction of sp³-hybridized carbons (Fsp3) is 0.944. The van der Waals surface area contributed by atoms with Crippen molar-refractivity contribution in [3.8, 4) is 0 Å².